The second kappa shape index (κ2) is 10.5. The van der Waals surface area contributed by atoms with Gasteiger partial charge in [0.25, 0.3) is 0 Å². The number of carbonyl (C=O) groups is 1. The molecule has 0 saturated heterocycles. The standard InChI is InChI=1S/C26H23FN2O4/c1-31-24-9-6-19(16-25(24)32-17-18-12-14-28-15-13-18)29-26(30)11-8-20-7-10-23(33-20)21-4-2-3-5-22(21)27/h2-7,9-10,12-16H,8,11,17H2,1H3,(H,29,30). The van der Waals surface area contributed by atoms with Gasteiger partial charge in [-0.25, -0.2) is 4.39 Å². The van der Waals surface area contributed by atoms with E-state index in [4.69, 9.17) is 13.9 Å². The molecular weight excluding hydrogens is 423 g/mol. The first-order valence-electron chi connectivity index (χ1n) is 10.5. The minimum atomic E-state index is -0.349. The molecule has 0 aliphatic rings. The zero-order chi connectivity index (χ0) is 23.0. The molecule has 0 bridgehead atoms. The zero-order valence-electron chi connectivity index (χ0n) is 18.1. The quantitative estimate of drug-likeness (QED) is 0.360. The Bertz CT molecular complexity index is 1220. The van der Waals surface area contributed by atoms with Gasteiger partial charge in [-0.05, 0) is 54.1 Å². The number of hydrogen-bond acceptors (Lipinski definition) is 5. The third-order valence-electron chi connectivity index (χ3n) is 4.99. The molecule has 33 heavy (non-hydrogen) atoms. The first kappa shape index (κ1) is 22.1. The summed E-state index contributed by atoms with van der Waals surface area (Å²) in [6.45, 7) is 0.346. The highest BCUT2D eigenvalue weighted by Gasteiger charge is 2.12. The van der Waals surface area contributed by atoms with E-state index in [-0.39, 0.29) is 18.1 Å². The van der Waals surface area contributed by atoms with Crippen LogP contribution >= 0.6 is 0 Å². The number of benzene rings is 2. The molecule has 1 N–H and O–H groups in total. The average Bonchev–Trinajstić information content (AvgIpc) is 3.31. The minimum absolute atomic E-state index is 0.177. The molecular formula is C26H23FN2O4. The van der Waals surface area contributed by atoms with Crippen LogP contribution in [0.25, 0.3) is 11.3 Å². The average molecular weight is 446 g/mol. The summed E-state index contributed by atoms with van der Waals surface area (Å²) in [7, 11) is 1.56. The number of aryl methyl sites for hydroxylation is 1. The van der Waals surface area contributed by atoms with Gasteiger partial charge in [-0.1, -0.05) is 12.1 Å². The number of rotatable bonds is 9. The number of carbonyl (C=O) groups excluding carboxylic acids is 1. The number of aromatic nitrogens is 1. The molecule has 6 nitrogen and oxygen atoms in total. The van der Waals surface area contributed by atoms with Crippen molar-refractivity contribution in [1.82, 2.24) is 4.98 Å². The number of nitrogens with one attached hydrogen (secondary N) is 1. The summed E-state index contributed by atoms with van der Waals surface area (Å²) >= 11 is 0. The summed E-state index contributed by atoms with van der Waals surface area (Å²) < 4.78 is 30.9. The van der Waals surface area contributed by atoms with E-state index in [0.29, 0.717) is 47.3 Å². The van der Waals surface area contributed by atoms with Crippen molar-refractivity contribution < 1.29 is 23.1 Å². The van der Waals surface area contributed by atoms with Crippen LogP contribution in [-0.4, -0.2) is 18.0 Å². The first-order chi connectivity index (χ1) is 16.1. The summed E-state index contributed by atoms with van der Waals surface area (Å²) in [5.41, 5.74) is 1.96. The fraction of sp³-hybridized carbons (Fsp3) is 0.154. The maximum Gasteiger partial charge on any atom is 0.224 e. The Morgan fingerprint density at radius 1 is 1.03 bits per heavy atom. The summed E-state index contributed by atoms with van der Waals surface area (Å²) in [6.07, 6.45) is 4.00. The van der Waals surface area contributed by atoms with E-state index >= 15 is 0 Å². The molecule has 0 radical (unpaired) electrons. The normalized spacial score (nSPS) is 10.6. The number of methoxy groups -OCH3 is 1. The van der Waals surface area contributed by atoms with Gasteiger partial charge in [0.1, 0.15) is 23.9 Å². The van der Waals surface area contributed by atoms with Gasteiger partial charge in [0, 0.05) is 37.0 Å². The van der Waals surface area contributed by atoms with Gasteiger partial charge in [0.15, 0.2) is 11.5 Å². The van der Waals surface area contributed by atoms with E-state index in [1.807, 2.05) is 12.1 Å². The Hall–Kier alpha value is -4.13. The Morgan fingerprint density at radius 3 is 2.64 bits per heavy atom. The Balaban J connectivity index is 1.35. The van der Waals surface area contributed by atoms with Crippen LogP contribution in [0.2, 0.25) is 0 Å². The topological polar surface area (TPSA) is 73.6 Å². The van der Waals surface area contributed by atoms with Crippen LogP contribution in [0.5, 0.6) is 11.5 Å². The fourth-order valence-electron chi connectivity index (χ4n) is 3.29. The lowest BCUT2D eigenvalue weighted by Crippen LogP contribution is -2.12. The molecule has 7 heteroatoms. The van der Waals surface area contributed by atoms with E-state index < -0.39 is 0 Å². The van der Waals surface area contributed by atoms with Crippen molar-refractivity contribution in [2.45, 2.75) is 19.4 Å². The van der Waals surface area contributed by atoms with E-state index in [0.717, 1.165) is 5.56 Å². The number of halogens is 1. The molecule has 4 rings (SSSR count). The van der Waals surface area contributed by atoms with Crippen molar-refractivity contribution in [3.8, 4) is 22.8 Å². The number of pyridine rings is 1. The summed E-state index contributed by atoms with van der Waals surface area (Å²) in [6, 6.07) is 18.8. The van der Waals surface area contributed by atoms with Crippen molar-refractivity contribution in [2.24, 2.45) is 0 Å². The molecule has 4 aromatic rings. The van der Waals surface area contributed by atoms with Gasteiger partial charge < -0.3 is 19.2 Å². The van der Waals surface area contributed by atoms with Crippen molar-refractivity contribution in [2.75, 3.05) is 12.4 Å². The number of anilines is 1. The number of furan rings is 1. The van der Waals surface area contributed by atoms with Gasteiger partial charge in [0.05, 0.1) is 12.7 Å². The van der Waals surface area contributed by atoms with Gasteiger partial charge in [-0.2, -0.15) is 0 Å². The Morgan fingerprint density at radius 2 is 1.85 bits per heavy atom. The second-order valence-electron chi connectivity index (χ2n) is 7.30. The Labute approximate surface area is 191 Å². The van der Waals surface area contributed by atoms with Crippen LogP contribution in [0, 0.1) is 5.82 Å². The summed E-state index contributed by atoms with van der Waals surface area (Å²) in [4.78, 5) is 16.5. The SMILES string of the molecule is COc1ccc(NC(=O)CCc2ccc(-c3ccccc3F)o2)cc1OCc1ccncc1. The number of nitrogens with zero attached hydrogens (tertiary/aromatic N) is 1. The highest BCUT2D eigenvalue weighted by atomic mass is 19.1. The molecule has 0 spiro atoms. The highest BCUT2D eigenvalue weighted by molar-refractivity contribution is 5.91. The van der Waals surface area contributed by atoms with Crippen LogP contribution in [0.15, 0.2) is 83.5 Å². The van der Waals surface area contributed by atoms with Gasteiger partial charge in [-0.15, -0.1) is 0 Å². The molecule has 2 aromatic carbocycles. The van der Waals surface area contributed by atoms with E-state index in [2.05, 4.69) is 10.3 Å². The first-order valence-corrected chi connectivity index (χ1v) is 10.5. The molecule has 0 aliphatic heterocycles. The van der Waals surface area contributed by atoms with Crippen LogP contribution in [0.3, 0.4) is 0 Å². The molecule has 0 saturated carbocycles. The van der Waals surface area contributed by atoms with Crippen LogP contribution in [-0.2, 0) is 17.8 Å². The predicted octanol–water partition coefficient (Wildman–Crippen LogP) is 5.64. The van der Waals surface area contributed by atoms with Gasteiger partial charge in [0.2, 0.25) is 5.91 Å². The van der Waals surface area contributed by atoms with Crippen molar-refractivity contribution in [3.05, 3.63) is 96.3 Å². The minimum Gasteiger partial charge on any atom is -0.493 e. The summed E-state index contributed by atoms with van der Waals surface area (Å²) in [5.74, 6) is 1.61. The smallest absolute Gasteiger partial charge is 0.224 e. The number of amides is 1. The monoisotopic (exact) mass is 446 g/mol. The second-order valence-corrected chi connectivity index (χ2v) is 7.30. The van der Waals surface area contributed by atoms with E-state index in [1.165, 1.54) is 6.07 Å². The fourth-order valence-corrected chi connectivity index (χ4v) is 3.29. The van der Waals surface area contributed by atoms with Gasteiger partial charge in [-0.3, -0.25) is 9.78 Å². The highest BCUT2D eigenvalue weighted by Crippen LogP contribution is 2.31. The molecule has 0 aliphatic carbocycles. The molecule has 1 amide bonds. The molecule has 2 heterocycles. The molecule has 0 fully saturated rings. The third-order valence-corrected chi connectivity index (χ3v) is 4.99. The lowest BCUT2D eigenvalue weighted by Gasteiger charge is -2.13. The predicted molar refractivity (Wildman–Crippen MR) is 123 cm³/mol. The van der Waals surface area contributed by atoms with Crippen molar-refractivity contribution >= 4 is 11.6 Å². The Kier molecular flexibility index (Phi) is 6.99. The maximum atomic E-state index is 13.9. The molecule has 0 unspecified atom stereocenters. The summed E-state index contributed by atoms with van der Waals surface area (Å²) in [5, 5.41) is 2.86. The largest absolute Gasteiger partial charge is 0.493 e. The third kappa shape index (κ3) is 5.77. The molecule has 2 aromatic heterocycles. The van der Waals surface area contributed by atoms with Crippen molar-refractivity contribution in [1.29, 1.82) is 0 Å². The number of hydrogen-bond donors (Lipinski definition) is 1. The van der Waals surface area contributed by atoms with E-state index in [1.54, 1.807) is 68.0 Å². The van der Waals surface area contributed by atoms with Crippen LogP contribution in [0.4, 0.5) is 10.1 Å². The molecule has 168 valence electrons. The van der Waals surface area contributed by atoms with E-state index in [9.17, 15) is 9.18 Å². The molecule has 0 atom stereocenters. The zero-order valence-corrected chi connectivity index (χ0v) is 18.1. The van der Waals surface area contributed by atoms with Gasteiger partial charge >= 0.3 is 0 Å². The van der Waals surface area contributed by atoms with Crippen molar-refractivity contribution in [3.63, 3.8) is 0 Å². The lowest BCUT2D eigenvalue weighted by atomic mass is 10.1. The lowest BCUT2D eigenvalue weighted by molar-refractivity contribution is -0.116. The van der Waals surface area contributed by atoms with Crippen LogP contribution < -0.4 is 14.8 Å². The van der Waals surface area contributed by atoms with Crippen LogP contribution in [0.1, 0.15) is 17.7 Å². The maximum absolute atomic E-state index is 13.9. The number of ether oxygens (including phenoxy) is 2.